The van der Waals surface area contributed by atoms with E-state index in [1.165, 1.54) is 0 Å². The molecule has 0 saturated carbocycles. The Labute approximate surface area is 193 Å². The van der Waals surface area contributed by atoms with Crippen LogP contribution >= 0.6 is 11.6 Å². The van der Waals surface area contributed by atoms with Crippen molar-refractivity contribution in [3.8, 4) is 17.1 Å². The first-order valence-corrected chi connectivity index (χ1v) is 11.3. The molecule has 7 heteroatoms. The molecule has 2 aromatic carbocycles. The summed E-state index contributed by atoms with van der Waals surface area (Å²) < 4.78 is 5.67. The molecule has 166 valence electrons. The molecule has 0 N–H and O–H groups in total. The van der Waals surface area contributed by atoms with Gasteiger partial charge in [-0.05, 0) is 38.1 Å². The third-order valence-corrected chi connectivity index (χ3v) is 5.91. The minimum Gasteiger partial charge on any atom is -0.484 e. The summed E-state index contributed by atoms with van der Waals surface area (Å²) in [6.07, 6.45) is 0.693. The number of benzene rings is 2. The van der Waals surface area contributed by atoms with Crippen molar-refractivity contribution < 1.29 is 9.53 Å². The minimum atomic E-state index is -0.0526. The van der Waals surface area contributed by atoms with Gasteiger partial charge < -0.3 is 14.5 Å². The van der Waals surface area contributed by atoms with Gasteiger partial charge in [-0.2, -0.15) is 0 Å². The van der Waals surface area contributed by atoms with E-state index in [1.807, 2.05) is 35.2 Å². The molecule has 1 aromatic heterocycles. The lowest BCUT2D eigenvalue weighted by Gasteiger charge is -2.32. The standard InChI is InChI=1S/C25H27ClN4O2/c1-3-29(4-2)25-21-16-30(23(31)17-32-20-12-10-19(26)11-13-20)15-14-22(21)27-24(28-25)18-8-6-5-7-9-18/h5-13H,3-4,14-17H2,1-2H3. The molecule has 1 amide bonds. The lowest BCUT2D eigenvalue weighted by molar-refractivity contribution is -0.134. The first kappa shape index (κ1) is 22.1. The lowest BCUT2D eigenvalue weighted by Crippen LogP contribution is -2.40. The Balaban J connectivity index is 1.57. The van der Waals surface area contributed by atoms with E-state index in [1.54, 1.807) is 24.3 Å². The number of aromatic nitrogens is 2. The van der Waals surface area contributed by atoms with Gasteiger partial charge in [0.1, 0.15) is 11.6 Å². The summed E-state index contributed by atoms with van der Waals surface area (Å²) in [5.74, 6) is 2.22. The van der Waals surface area contributed by atoms with Crippen LogP contribution in [0.1, 0.15) is 25.1 Å². The molecule has 0 unspecified atom stereocenters. The first-order chi connectivity index (χ1) is 15.6. The van der Waals surface area contributed by atoms with Crippen molar-refractivity contribution in [1.82, 2.24) is 14.9 Å². The zero-order chi connectivity index (χ0) is 22.5. The van der Waals surface area contributed by atoms with Gasteiger partial charge in [-0.1, -0.05) is 41.9 Å². The number of anilines is 1. The van der Waals surface area contributed by atoms with Crippen molar-refractivity contribution in [3.05, 3.63) is 70.9 Å². The van der Waals surface area contributed by atoms with E-state index in [-0.39, 0.29) is 12.5 Å². The van der Waals surface area contributed by atoms with Crippen molar-refractivity contribution in [2.45, 2.75) is 26.8 Å². The number of halogens is 1. The van der Waals surface area contributed by atoms with Crippen molar-refractivity contribution in [1.29, 1.82) is 0 Å². The predicted octanol–water partition coefficient (Wildman–Crippen LogP) is 4.61. The van der Waals surface area contributed by atoms with Gasteiger partial charge in [0.2, 0.25) is 0 Å². The van der Waals surface area contributed by atoms with Crippen LogP contribution in [0.5, 0.6) is 5.75 Å². The number of nitrogens with zero attached hydrogens (tertiary/aromatic N) is 4. The van der Waals surface area contributed by atoms with E-state index < -0.39 is 0 Å². The first-order valence-electron chi connectivity index (χ1n) is 10.9. The Morgan fingerprint density at radius 2 is 1.78 bits per heavy atom. The van der Waals surface area contributed by atoms with Crippen LogP contribution in [0, 0.1) is 0 Å². The van der Waals surface area contributed by atoms with Gasteiger partial charge in [-0.15, -0.1) is 0 Å². The van der Waals surface area contributed by atoms with Gasteiger partial charge in [-0.3, -0.25) is 4.79 Å². The summed E-state index contributed by atoms with van der Waals surface area (Å²) in [6, 6.07) is 17.1. The van der Waals surface area contributed by atoms with E-state index in [0.29, 0.717) is 30.3 Å². The van der Waals surface area contributed by atoms with Gasteiger partial charge in [0.15, 0.2) is 12.4 Å². The van der Waals surface area contributed by atoms with Crippen molar-refractivity contribution >= 4 is 23.3 Å². The summed E-state index contributed by atoms with van der Waals surface area (Å²) in [5, 5.41) is 0.634. The zero-order valence-corrected chi connectivity index (χ0v) is 19.2. The predicted molar refractivity (Wildman–Crippen MR) is 127 cm³/mol. The molecule has 6 nitrogen and oxygen atoms in total. The summed E-state index contributed by atoms with van der Waals surface area (Å²) in [5.41, 5.74) is 3.04. The molecular weight excluding hydrogens is 424 g/mol. The summed E-state index contributed by atoms with van der Waals surface area (Å²) >= 11 is 5.91. The largest absolute Gasteiger partial charge is 0.484 e. The second kappa shape index (κ2) is 10.0. The summed E-state index contributed by atoms with van der Waals surface area (Å²) in [6.45, 7) is 6.99. The van der Waals surface area contributed by atoms with Gasteiger partial charge in [0.25, 0.3) is 5.91 Å². The summed E-state index contributed by atoms with van der Waals surface area (Å²) in [7, 11) is 0. The number of carbonyl (C=O) groups is 1. The highest BCUT2D eigenvalue weighted by molar-refractivity contribution is 6.30. The normalized spacial score (nSPS) is 12.9. The topological polar surface area (TPSA) is 58.6 Å². The highest BCUT2D eigenvalue weighted by Crippen LogP contribution is 2.30. The fourth-order valence-electron chi connectivity index (χ4n) is 3.88. The zero-order valence-electron chi connectivity index (χ0n) is 18.4. The molecule has 2 heterocycles. The second-order valence-electron chi connectivity index (χ2n) is 7.64. The van der Waals surface area contributed by atoms with Crippen LogP contribution in [0.15, 0.2) is 54.6 Å². The molecule has 0 spiro atoms. The fraction of sp³-hybridized carbons (Fsp3) is 0.320. The highest BCUT2D eigenvalue weighted by Gasteiger charge is 2.27. The van der Waals surface area contributed by atoms with Crippen molar-refractivity contribution in [2.24, 2.45) is 0 Å². The van der Waals surface area contributed by atoms with Crippen LogP contribution in [0.4, 0.5) is 5.82 Å². The van der Waals surface area contributed by atoms with Gasteiger partial charge in [0, 0.05) is 42.2 Å². The molecule has 0 radical (unpaired) electrons. The third-order valence-electron chi connectivity index (χ3n) is 5.66. The lowest BCUT2D eigenvalue weighted by atomic mass is 10.0. The molecule has 32 heavy (non-hydrogen) atoms. The van der Waals surface area contributed by atoms with Crippen molar-refractivity contribution in [2.75, 3.05) is 31.1 Å². The monoisotopic (exact) mass is 450 g/mol. The molecule has 3 aromatic rings. The molecule has 0 atom stereocenters. The van der Waals surface area contributed by atoms with Gasteiger partial charge in [0.05, 0.1) is 12.2 Å². The smallest absolute Gasteiger partial charge is 0.260 e. The Bertz CT molecular complexity index is 1070. The van der Waals surface area contributed by atoms with E-state index in [4.69, 9.17) is 26.3 Å². The number of amides is 1. The molecule has 0 bridgehead atoms. The number of hydrogen-bond acceptors (Lipinski definition) is 5. The van der Waals surface area contributed by atoms with Crippen LogP contribution in [0.2, 0.25) is 5.02 Å². The van der Waals surface area contributed by atoms with Crippen LogP contribution in [-0.4, -0.2) is 47.0 Å². The number of hydrogen-bond donors (Lipinski definition) is 0. The maximum atomic E-state index is 12.9. The summed E-state index contributed by atoms with van der Waals surface area (Å²) in [4.78, 5) is 26.7. The maximum absolute atomic E-state index is 12.9. The number of fused-ring (bicyclic) bond motifs is 1. The van der Waals surface area contributed by atoms with Gasteiger partial charge >= 0.3 is 0 Å². The quantitative estimate of drug-likeness (QED) is 0.526. The van der Waals surface area contributed by atoms with E-state index >= 15 is 0 Å². The number of ether oxygens (including phenoxy) is 1. The molecule has 1 aliphatic heterocycles. The Morgan fingerprint density at radius 1 is 1.06 bits per heavy atom. The molecular formula is C25H27ClN4O2. The third kappa shape index (κ3) is 4.86. The van der Waals surface area contributed by atoms with Crippen LogP contribution in [0.25, 0.3) is 11.4 Å². The minimum absolute atomic E-state index is 0.0134. The Kier molecular flexibility index (Phi) is 6.90. The molecule has 0 aliphatic carbocycles. The molecule has 0 saturated heterocycles. The molecule has 0 fully saturated rings. The van der Waals surface area contributed by atoms with Crippen LogP contribution < -0.4 is 9.64 Å². The average Bonchev–Trinajstić information content (AvgIpc) is 2.84. The Morgan fingerprint density at radius 3 is 2.47 bits per heavy atom. The second-order valence-corrected chi connectivity index (χ2v) is 8.08. The maximum Gasteiger partial charge on any atom is 0.260 e. The number of carbonyl (C=O) groups excluding carboxylic acids is 1. The molecule has 1 aliphatic rings. The SMILES string of the molecule is CCN(CC)c1nc(-c2ccccc2)nc2c1CN(C(=O)COc1ccc(Cl)cc1)CC2. The fourth-order valence-corrected chi connectivity index (χ4v) is 4.00. The van der Waals surface area contributed by atoms with Crippen LogP contribution in [0.3, 0.4) is 0 Å². The highest BCUT2D eigenvalue weighted by atomic mass is 35.5. The van der Waals surface area contributed by atoms with Gasteiger partial charge in [-0.25, -0.2) is 9.97 Å². The average molecular weight is 451 g/mol. The number of rotatable bonds is 7. The van der Waals surface area contributed by atoms with E-state index in [2.05, 4.69) is 18.7 Å². The van der Waals surface area contributed by atoms with Crippen molar-refractivity contribution in [3.63, 3.8) is 0 Å². The van der Waals surface area contributed by atoms with E-state index in [0.717, 1.165) is 41.6 Å². The Hall–Kier alpha value is -3.12. The molecule has 4 rings (SSSR count). The van der Waals surface area contributed by atoms with Crippen LogP contribution in [-0.2, 0) is 17.8 Å². The van der Waals surface area contributed by atoms with E-state index in [9.17, 15) is 4.79 Å².